The van der Waals surface area contributed by atoms with E-state index in [1.807, 2.05) is 51.1 Å². The zero-order valence-corrected chi connectivity index (χ0v) is 15.4. The Bertz CT molecular complexity index is 577. The van der Waals surface area contributed by atoms with E-state index in [0.29, 0.717) is 19.6 Å². The van der Waals surface area contributed by atoms with Crippen LogP contribution in [0.1, 0.15) is 32.8 Å². The number of likely N-dealkylation sites (N-methyl/N-ethyl adjacent to an activating group) is 1. The second-order valence-electron chi connectivity index (χ2n) is 6.82. The Labute approximate surface area is 149 Å². The van der Waals surface area contributed by atoms with Gasteiger partial charge in [0.2, 0.25) is 5.91 Å². The number of hydrogen-bond acceptors (Lipinski definition) is 4. The maximum absolute atomic E-state index is 12.6. The summed E-state index contributed by atoms with van der Waals surface area (Å²) >= 11 is 0. The van der Waals surface area contributed by atoms with Crippen LogP contribution in [0.4, 0.5) is 4.79 Å². The van der Waals surface area contributed by atoms with Gasteiger partial charge in [0.05, 0.1) is 12.1 Å². The number of nitrogens with zero attached hydrogens (tertiary/aromatic N) is 2. The third-order valence-corrected chi connectivity index (χ3v) is 4.69. The first-order chi connectivity index (χ1) is 11.9. The molecule has 0 aromatic heterocycles. The topological polar surface area (TPSA) is 75.9 Å². The quantitative estimate of drug-likeness (QED) is 0.856. The molecular formula is C19H29N3O3. The number of ether oxygens (including phenoxy) is 1. The molecule has 2 atom stereocenters. The number of benzene rings is 1. The van der Waals surface area contributed by atoms with E-state index in [4.69, 9.17) is 10.5 Å². The minimum Gasteiger partial charge on any atom is -0.445 e. The first-order valence-electron chi connectivity index (χ1n) is 8.95. The van der Waals surface area contributed by atoms with Gasteiger partial charge in [-0.1, -0.05) is 44.2 Å². The molecule has 1 aliphatic heterocycles. The second-order valence-corrected chi connectivity index (χ2v) is 6.82. The van der Waals surface area contributed by atoms with Crippen LogP contribution in [0.25, 0.3) is 0 Å². The molecule has 2 rings (SSSR count). The van der Waals surface area contributed by atoms with Crippen molar-refractivity contribution < 1.29 is 14.3 Å². The minimum atomic E-state index is -0.501. The van der Waals surface area contributed by atoms with Gasteiger partial charge < -0.3 is 20.3 Å². The predicted molar refractivity (Wildman–Crippen MR) is 96.8 cm³/mol. The van der Waals surface area contributed by atoms with Gasteiger partial charge >= 0.3 is 6.09 Å². The summed E-state index contributed by atoms with van der Waals surface area (Å²) in [5.41, 5.74) is 6.97. The van der Waals surface area contributed by atoms with Gasteiger partial charge in [0.15, 0.2) is 0 Å². The third-order valence-electron chi connectivity index (χ3n) is 4.69. The van der Waals surface area contributed by atoms with E-state index in [2.05, 4.69) is 0 Å². The molecule has 138 valence electrons. The summed E-state index contributed by atoms with van der Waals surface area (Å²) in [5.74, 6) is 0.0527. The van der Waals surface area contributed by atoms with Crippen LogP contribution in [0.5, 0.6) is 0 Å². The number of nitrogens with two attached hydrogens (primary N) is 1. The Morgan fingerprint density at radius 1 is 1.32 bits per heavy atom. The summed E-state index contributed by atoms with van der Waals surface area (Å²) in [6, 6.07) is 9.10. The Morgan fingerprint density at radius 2 is 2.00 bits per heavy atom. The summed E-state index contributed by atoms with van der Waals surface area (Å²) in [4.78, 5) is 28.3. The fourth-order valence-electron chi connectivity index (χ4n) is 3.04. The van der Waals surface area contributed by atoms with Crippen LogP contribution in [0.2, 0.25) is 0 Å². The minimum absolute atomic E-state index is 0.00609. The molecule has 0 spiro atoms. The normalized spacial score (nSPS) is 18.3. The highest BCUT2D eigenvalue weighted by Gasteiger charge is 2.35. The molecule has 6 nitrogen and oxygen atoms in total. The Balaban J connectivity index is 1.88. The first-order valence-corrected chi connectivity index (χ1v) is 8.95. The molecule has 1 saturated heterocycles. The van der Waals surface area contributed by atoms with E-state index in [1.54, 1.807) is 9.80 Å². The SMILES string of the molecule is CCN(C(=O)[C@@H](N)C(C)C)C1CCN(C(=O)OCc2ccccc2)C1. The zero-order valence-electron chi connectivity index (χ0n) is 15.4. The lowest BCUT2D eigenvalue weighted by atomic mass is 10.0. The van der Waals surface area contributed by atoms with Gasteiger partial charge in [0.1, 0.15) is 6.61 Å². The highest BCUT2D eigenvalue weighted by molar-refractivity contribution is 5.82. The van der Waals surface area contributed by atoms with Gasteiger partial charge in [-0.25, -0.2) is 4.79 Å². The number of hydrogen-bond donors (Lipinski definition) is 1. The summed E-state index contributed by atoms with van der Waals surface area (Å²) in [7, 11) is 0. The molecule has 0 aliphatic carbocycles. The zero-order chi connectivity index (χ0) is 18.4. The highest BCUT2D eigenvalue weighted by atomic mass is 16.6. The molecule has 25 heavy (non-hydrogen) atoms. The largest absolute Gasteiger partial charge is 0.445 e. The smallest absolute Gasteiger partial charge is 0.410 e. The van der Waals surface area contributed by atoms with Crippen LogP contribution in [0.15, 0.2) is 30.3 Å². The molecule has 0 radical (unpaired) electrons. The molecule has 1 unspecified atom stereocenters. The fourth-order valence-corrected chi connectivity index (χ4v) is 3.04. The Morgan fingerprint density at radius 3 is 2.60 bits per heavy atom. The van der Waals surface area contributed by atoms with E-state index in [0.717, 1.165) is 12.0 Å². The number of likely N-dealkylation sites (tertiary alicyclic amines) is 1. The number of carbonyl (C=O) groups is 2. The van der Waals surface area contributed by atoms with Crippen LogP contribution in [-0.4, -0.2) is 53.5 Å². The van der Waals surface area contributed by atoms with Crippen molar-refractivity contribution in [2.45, 2.75) is 45.9 Å². The van der Waals surface area contributed by atoms with E-state index in [9.17, 15) is 9.59 Å². The number of carbonyl (C=O) groups excluding carboxylic acids is 2. The first kappa shape index (κ1) is 19.2. The second kappa shape index (κ2) is 8.85. The molecule has 2 N–H and O–H groups in total. The van der Waals surface area contributed by atoms with Crippen LogP contribution < -0.4 is 5.73 Å². The fraction of sp³-hybridized carbons (Fsp3) is 0.579. The van der Waals surface area contributed by atoms with Crippen molar-refractivity contribution in [3.63, 3.8) is 0 Å². The van der Waals surface area contributed by atoms with Crippen LogP contribution in [0, 0.1) is 5.92 Å². The lowest BCUT2D eigenvalue weighted by molar-refractivity contribution is -0.135. The average molecular weight is 347 g/mol. The molecule has 2 amide bonds. The lowest BCUT2D eigenvalue weighted by Gasteiger charge is -2.31. The van der Waals surface area contributed by atoms with Gasteiger partial charge in [-0.2, -0.15) is 0 Å². The molecule has 1 aromatic carbocycles. The molecule has 0 saturated carbocycles. The lowest BCUT2D eigenvalue weighted by Crippen LogP contribution is -2.51. The van der Waals surface area contributed by atoms with Gasteiger partial charge in [-0.15, -0.1) is 0 Å². The molecule has 1 heterocycles. The molecule has 6 heteroatoms. The van der Waals surface area contributed by atoms with Crippen molar-refractivity contribution >= 4 is 12.0 Å². The van der Waals surface area contributed by atoms with Crippen molar-refractivity contribution in [3.8, 4) is 0 Å². The molecule has 1 fully saturated rings. The summed E-state index contributed by atoms with van der Waals surface area (Å²) in [5, 5.41) is 0. The van der Waals surface area contributed by atoms with E-state index in [1.165, 1.54) is 0 Å². The van der Waals surface area contributed by atoms with E-state index < -0.39 is 6.04 Å². The summed E-state index contributed by atoms with van der Waals surface area (Å²) in [6.07, 6.45) is 0.424. The monoisotopic (exact) mass is 347 g/mol. The van der Waals surface area contributed by atoms with Crippen molar-refractivity contribution in [1.29, 1.82) is 0 Å². The van der Waals surface area contributed by atoms with Gasteiger partial charge in [-0.05, 0) is 24.8 Å². The maximum Gasteiger partial charge on any atom is 0.410 e. The van der Waals surface area contributed by atoms with Crippen molar-refractivity contribution in [2.24, 2.45) is 11.7 Å². The molecule has 0 bridgehead atoms. The van der Waals surface area contributed by atoms with E-state index in [-0.39, 0.29) is 30.6 Å². The van der Waals surface area contributed by atoms with Crippen molar-refractivity contribution in [1.82, 2.24) is 9.80 Å². The summed E-state index contributed by atoms with van der Waals surface area (Å²) in [6.45, 7) is 7.78. The van der Waals surface area contributed by atoms with Crippen LogP contribution >= 0.6 is 0 Å². The van der Waals surface area contributed by atoms with Gasteiger partial charge in [0.25, 0.3) is 0 Å². The van der Waals surface area contributed by atoms with Gasteiger partial charge in [-0.3, -0.25) is 4.79 Å². The predicted octanol–water partition coefficient (Wildman–Crippen LogP) is 2.23. The average Bonchev–Trinajstić information content (AvgIpc) is 3.10. The maximum atomic E-state index is 12.6. The summed E-state index contributed by atoms with van der Waals surface area (Å²) < 4.78 is 5.38. The van der Waals surface area contributed by atoms with Crippen LogP contribution in [0.3, 0.4) is 0 Å². The molecular weight excluding hydrogens is 318 g/mol. The van der Waals surface area contributed by atoms with Crippen molar-refractivity contribution in [3.05, 3.63) is 35.9 Å². The number of amides is 2. The number of rotatable bonds is 6. The molecule has 1 aromatic rings. The molecule has 1 aliphatic rings. The van der Waals surface area contributed by atoms with Crippen molar-refractivity contribution in [2.75, 3.05) is 19.6 Å². The Hall–Kier alpha value is -2.08. The van der Waals surface area contributed by atoms with Gasteiger partial charge in [0, 0.05) is 19.6 Å². The van der Waals surface area contributed by atoms with E-state index >= 15 is 0 Å². The van der Waals surface area contributed by atoms with Crippen LogP contribution in [-0.2, 0) is 16.1 Å². The standard InChI is InChI=1S/C19H29N3O3/c1-4-22(18(23)17(20)14(2)3)16-10-11-21(12-16)19(24)25-13-15-8-6-5-7-9-15/h5-9,14,16-17H,4,10-13,20H2,1-3H3/t16?,17-/m0/s1. The Kier molecular flexibility index (Phi) is 6.82. The third kappa shape index (κ3) is 4.95. The highest BCUT2D eigenvalue weighted by Crippen LogP contribution is 2.19.